The molecule has 53 heavy (non-hydrogen) atoms. The van der Waals surface area contributed by atoms with E-state index in [9.17, 15) is 28.8 Å². The van der Waals surface area contributed by atoms with E-state index in [0.29, 0.717) is 25.8 Å². The van der Waals surface area contributed by atoms with Gasteiger partial charge in [-0.15, -0.1) is 0 Å². The van der Waals surface area contributed by atoms with Crippen molar-refractivity contribution in [1.29, 1.82) is 0 Å². The second-order valence-electron chi connectivity index (χ2n) is 15.1. The van der Waals surface area contributed by atoms with Crippen LogP contribution in [0.4, 0.5) is 0 Å². The molecule has 5 atom stereocenters. The molecular weight excluding hydrogens is 674 g/mol. The van der Waals surface area contributed by atoms with E-state index in [2.05, 4.69) is 45.7 Å². The highest BCUT2D eigenvalue weighted by molar-refractivity contribution is 5.83. The van der Waals surface area contributed by atoms with Crippen molar-refractivity contribution in [2.45, 2.75) is 180 Å². The van der Waals surface area contributed by atoms with Gasteiger partial charge < -0.3 is 37.6 Å². The molecular formula is C40H77N7O6. The third-order valence-corrected chi connectivity index (χ3v) is 9.41. The second kappa shape index (κ2) is 32.5. The Morgan fingerprint density at radius 2 is 0.887 bits per heavy atom. The van der Waals surface area contributed by atoms with E-state index in [1.54, 1.807) is 0 Å². The lowest BCUT2D eigenvalue weighted by atomic mass is 9.99. The summed E-state index contributed by atoms with van der Waals surface area (Å²) in [6, 6.07) is -1.49. The maximum absolute atomic E-state index is 13.3. The Balaban J connectivity index is 5.43. The molecule has 0 aliphatic rings. The predicted molar refractivity (Wildman–Crippen MR) is 213 cm³/mol. The molecule has 0 rings (SSSR count). The Morgan fingerprint density at radius 1 is 0.491 bits per heavy atom. The molecule has 0 aromatic rings. The number of carbonyl (C=O) groups is 6. The minimum atomic E-state index is -0.540. The van der Waals surface area contributed by atoms with Crippen LogP contribution in [0.1, 0.15) is 156 Å². The molecule has 0 heterocycles. The van der Waals surface area contributed by atoms with Crippen LogP contribution in [-0.2, 0) is 28.8 Å². The van der Waals surface area contributed by atoms with E-state index in [4.69, 9.17) is 5.73 Å². The van der Waals surface area contributed by atoms with Crippen LogP contribution >= 0.6 is 0 Å². The van der Waals surface area contributed by atoms with Crippen molar-refractivity contribution >= 4 is 35.2 Å². The maximum Gasteiger partial charge on any atom is 0.222 e. The van der Waals surface area contributed by atoms with Crippen LogP contribution in [0.5, 0.6) is 0 Å². The molecule has 8 N–H and O–H groups in total. The number of amides is 4. The highest BCUT2D eigenvalue weighted by Gasteiger charge is 2.23. The monoisotopic (exact) mass is 752 g/mol. The van der Waals surface area contributed by atoms with Crippen LogP contribution in [0.2, 0.25) is 0 Å². The van der Waals surface area contributed by atoms with Gasteiger partial charge in [-0.25, -0.2) is 0 Å². The van der Waals surface area contributed by atoms with E-state index in [1.807, 2.05) is 14.1 Å². The van der Waals surface area contributed by atoms with Crippen molar-refractivity contribution in [3.63, 3.8) is 0 Å². The smallest absolute Gasteiger partial charge is 0.222 e. The Morgan fingerprint density at radius 3 is 1.32 bits per heavy atom. The number of unbranched alkanes of at least 4 members (excludes halogenated alkanes) is 5. The first kappa shape index (κ1) is 50.1. The van der Waals surface area contributed by atoms with E-state index in [1.165, 1.54) is 13.8 Å². The summed E-state index contributed by atoms with van der Waals surface area (Å²) in [4.78, 5) is 76.5. The number of ketones is 2. The summed E-state index contributed by atoms with van der Waals surface area (Å²) in [5, 5.41) is 18.3. The zero-order valence-electron chi connectivity index (χ0n) is 34.2. The number of nitrogens with one attached hydrogen (secondary N) is 6. The van der Waals surface area contributed by atoms with Crippen LogP contribution in [-0.4, -0.2) is 93.1 Å². The Kier molecular flexibility index (Phi) is 30.7. The molecule has 0 bridgehead atoms. The quantitative estimate of drug-likeness (QED) is 0.0469. The van der Waals surface area contributed by atoms with Gasteiger partial charge in [0.25, 0.3) is 0 Å². The van der Waals surface area contributed by atoms with Gasteiger partial charge in [-0.1, -0.05) is 58.8 Å². The summed E-state index contributed by atoms with van der Waals surface area (Å²) in [5.74, 6) is -0.652. The van der Waals surface area contributed by atoms with Gasteiger partial charge in [0.2, 0.25) is 23.6 Å². The Hall–Kier alpha value is -2.90. The zero-order chi connectivity index (χ0) is 39.9. The van der Waals surface area contributed by atoms with Crippen molar-refractivity contribution in [2.24, 2.45) is 11.7 Å². The van der Waals surface area contributed by atoms with Gasteiger partial charge in [0.05, 0.1) is 0 Å². The summed E-state index contributed by atoms with van der Waals surface area (Å²) in [6.07, 6.45) is 12.6. The lowest BCUT2D eigenvalue weighted by Gasteiger charge is -2.23. The van der Waals surface area contributed by atoms with Crippen molar-refractivity contribution < 1.29 is 28.8 Å². The number of hydrogen-bond acceptors (Lipinski definition) is 9. The van der Waals surface area contributed by atoms with Gasteiger partial charge >= 0.3 is 0 Å². The molecule has 0 aliphatic carbocycles. The Labute approximate surface area is 321 Å². The molecule has 0 radical (unpaired) electrons. The average molecular weight is 752 g/mol. The first-order chi connectivity index (χ1) is 25.3. The summed E-state index contributed by atoms with van der Waals surface area (Å²) in [7, 11) is 3.77. The van der Waals surface area contributed by atoms with E-state index >= 15 is 0 Å². The molecule has 0 saturated carbocycles. The maximum atomic E-state index is 13.3. The van der Waals surface area contributed by atoms with Crippen molar-refractivity contribution in [1.82, 2.24) is 31.9 Å². The summed E-state index contributed by atoms with van der Waals surface area (Å²) >= 11 is 0. The first-order valence-corrected chi connectivity index (χ1v) is 20.5. The average Bonchev–Trinajstić information content (AvgIpc) is 3.07. The number of rotatable bonds is 35. The number of carbonyl (C=O) groups excluding carboxylic acids is 6. The predicted octanol–water partition coefficient (Wildman–Crippen LogP) is 3.96. The highest BCUT2D eigenvalue weighted by Crippen LogP contribution is 2.14. The highest BCUT2D eigenvalue weighted by atomic mass is 16.2. The molecule has 0 aromatic heterocycles. The van der Waals surface area contributed by atoms with Gasteiger partial charge in [0.1, 0.15) is 11.6 Å². The molecule has 5 unspecified atom stereocenters. The number of hydrogen-bond donors (Lipinski definition) is 7. The normalized spacial score (nSPS) is 14.0. The number of nitrogens with two attached hydrogens (primary N) is 1. The van der Waals surface area contributed by atoms with Crippen molar-refractivity contribution in [3.05, 3.63) is 0 Å². The molecule has 4 amide bonds. The molecule has 0 saturated heterocycles. The molecule has 0 aromatic carbocycles. The fraction of sp³-hybridized carbons (Fsp3) is 0.850. The van der Waals surface area contributed by atoms with Gasteiger partial charge in [0.15, 0.2) is 0 Å². The van der Waals surface area contributed by atoms with Crippen molar-refractivity contribution in [2.75, 3.05) is 33.7 Å². The molecule has 0 aliphatic heterocycles. The summed E-state index contributed by atoms with van der Waals surface area (Å²) < 4.78 is 0. The topological polar surface area (TPSA) is 201 Å². The number of Topliss-reactive ketones (excluding diaryl/α,β-unsaturated/α-hetero) is 2. The molecule has 13 nitrogen and oxygen atoms in total. The van der Waals surface area contributed by atoms with Crippen molar-refractivity contribution in [3.8, 4) is 0 Å². The minimum absolute atomic E-state index is 0.0278. The fourth-order valence-corrected chi connectivity index (χ4v) is 6.59. The lowest BCUT2D eigenvalue weighted by molar-refractivity contribution is -0.127. The molecule has 0 fully saturated rings. The van der Waals surface area contributed by atoms with Crippen LogP contribution in [0.3, 0.4) is 0 Å². The van der Waals surface area contributed by atoms with Gasteiger partial charge in [-0.2, -0.15) is 0 Å². The standard InChI is InChI=1S/C40H77N7O6/c1-7-8-9-17-33(26-31(3)48)45-39(52)28-34(18-11-14-23-42-5)44-37(50)21-20-36(27-32(4)49)47-40(53)29-35(19-12-15-24-43-6)46-38(51)25-30(2)16-10-13-22-41/h30,33-36,42-43H,7-29,41H2,1-6H3,(H,44,50)(H,45,52)(H,46,51)(H,47,53). The summed E-state index contributed by atoms with van der Waals surface area (Å²) in [6.45, 7) is 9.45. The Bertz CT molecular complexity index is 1040. The SMILES string of the molecule is CCCCCC(CC(C)=O)NC(=O)CC(CCCCNC)NC(=O)CCC(CC(C)=O)NC(=O)CC(CCCCNC)NC(=O)CC(C)CCCCN. The van der Waals surface area contributed by atoms with Crippen LogP contribution in [0.25, 0.3) is 0 Å². The molecule has 0 spiro atoms. The zero-order valence-corrected chi connectivity index (χ0v) is 34.2. The summed E-state index contributed by atoms with van der Waals surface area (Å²) in [5.41, 5.74) is 5.61. The first-order valence-electron chi connectivity index (χ1n) is 20.5. The fourth-order valence-electron chi connectivity index (χ4n) is 6.59. The second-order valence-corrected chi connectivity index (χ2v) is 15.1. The van der Waals surface area contributed by atoms with Gasteiger partial charge in [-0.05, 0) is 98.4 Å². The lowest BCUT2D eigenvalue weighted by Crippen LogP contribution is -2.44. The molecule has 308 valence electrons. The third kappa shape index (κ3) is 30.2. The van der Waals surface area contributed by atoms with E-state index < -0.39 is 6.04 Å². The molecule has 13 heteroatoms. The van der Waals surface area contributed by atoms with Crippen LogP contribution in [0.15, 0.2) is 0 Å². The van der Waals surface area contributed by atoms with E-state index in [-0.39, 0.29) is 97.8 Å². The van der Waals surface area contributed by atoms with Gasteiger partial charge in [-0.3, -0.25) is 28.8 Å². The van der Waals surface area contributed by atoms with Crippen LogP contribution < -0.4 is 37.6 Å². The third-order valence-electron chi connectivity index (χ3n) is 9.41. The largest absolute Gasteiger partial charge is 0.353 e. The minimum Gasteiger partial charge on any atom is -0.353 e. The van der Waals surface area contributed by atoms with Crippen LogP contribution in [0, 0.1) is 5.92 Å². The van der Waals surface area contributed by atoms with E-state index in [0.717, 1.165) is 83.7 Å². The van der Waals surface area contributed by atoms with Gasteiger partial charge in [0, 0.05) is 62.7 Å².